The van der Waals surface area contributed by atoms with Gasteiger partial charge >= 0.3 is 0 Å². The van der Waals surface area contributed by atoms with Crippen molar-refractivity contribution < 1.29 is 0 Å². The van der Waals surface area contributed by atoms with Gasteiger partial charge in [-0.25, -0.2) is 0 Å². The van der Waals surface area contributed by atoms with Crippen LogP contribution >= 0.6 is 0 Å². The second-order valence-electron chi connectivity index (χ2n) is 12.1. The summed E-state index contributed by atoms with van der Waals surface area (Å²) in [6.07, 6.45) is 0. The largest absolute Gasteiger partial charge is 0.309 e. The summed E-state index contributed by atoms with van der Waals surface area (Å²) in [6, 6.07) is 31.6. The smallest absolute Gasteiger partial charge is 0.0544 e. The first-order chi connectivity index (χ1) is 16.5. The highest BCUT2D eigenvalue weighted by atomic mass is 15.0. The quantitative estimate of drug-likeness (QED) is 0.249. The first kappa shape index (κ1) is 22.2. The highest BCUT2D eigenvalue weighted by molar-refractivity contribution is 6.10. The molecule has 0 saturated heterocycles. The van der Waals surface area contributed by atoms with Crippen LogP contribution in [-0.2, 0) is 10.8 Å². The molecule has 0 N–H and O–H groups in total. The predicted octanol–water partition coefficient (Wildman–Crippen LogP) is 9.35. The fourth-order valence-electron chi connectivity index (χ4n) is 6.47. The fourth-order valence-corrected chi connectivity index (χ4v) is 6.47. The molecule has 0 spiro atoms. The number of hydrogen-bond donors (Lipinski definition) is 0. The van der Waals surface area contributed by atoms with Gasteiger partial charge in [0.1, 0.15) is 0 Å². The van der Waals surface area contributed by atoms with Gasteiger partial charge in [0, 0.05) is 16.5 Å². The van der Waals surface area contributed by atoms with Crippen molar-refractivity contribution in [3.63, 3.8) is 0 Å². The van der Waals surface area contributed by atoms with Crippen molar-refractivity contribution >= 4 is 21.8 Å². The minimum atomic E-state index is 0.0725. The molecule has 1 aliphatic rings. The van der Waals surface area contributed by atoms with E-state index in [9.17, 15) is 0 Å². The molecule has 4 aromatic carbocycles. The summed E-state index contributed by atoms with van der Waals surface area (Å²) in [4.78, 5) is 0. The molecule has 0 bridgehead atoms. The molecule has 1 aromatic heterocycles. The summed E-state index contributed by atoms with van der Waals surface area (Å²) in [5.74, 6) is 0. The minimum Gasteiger partial charge on any atom is -0.309 e. The minimum absolute atomic E-state index is 0.0725. The van der Waals surface area contributed by atoms with Crippen LogP contribution < -0.4 is 0 Å². The Morgan fingerprint density at radius 2 is 1.17 bits per heavy atom. The average Bonchev–Trinajstić information content (AvgIpc) is 3.21. The van der Waals surface area contributed by atoms with E-state index in [-0.39, 0.29) is 16.2 Å². The summed E-state index contributed by atoms with van der Waals surface area (Å²) in [7, 11) is 0. The SMILES string of the molecule is Cc1cc(-c2ccccc2)cc(-n2c3ccccc3c3cc4c(cc32)C(C)(C)C(C)(C)C4(C)C)c1. The molecule has 0 radical (unpaired) electrons. The molecule has 1 aliphatic carbocycles. The van der Waals surface area contributed by atoms with E-state index in [0.29, 0.717) is 0 Å². The molecule has 0 atom stereocenters. The number of rotatable bonds is 2. The second-order valence-corrected chi connectivity index (χ2v) is 12.1. The first-order valence-electron chi connectivity index (χ1n) is 12.8. The Kier molecular flexibility index (Phi) is 4.50. The van der Waals surface area contributed by atoms with E-state index < -0.39 is 0 Å². The van der Waals surface area contributed by atoms with E-state index in [1.54, 1.807) is 0 Å². The van der Waals surface area contributed by atoms with Crippen molar-refractivity contribution in [2.24, 2.45) is 5.41 Å². The summed E-state index contributed by atoms with van der Waals surface area (Å²) in [6.45, 7) is 16.8. The van der Waals surface area contributed by atoms with Crippen LogP contribution in [0.15, 0.2) is 84.9 Å². The van der Waals surface area contributed by atoms with Crippen molar-refractivity contribution in [1.82, 2.24) is 4.57 Å². The summed E-state index contributed by atoms with van der Waals surface area (Å²) in [5, 5.41) is 2.68. The lowest BCUT2D eigenvalue weighted by Gasteiger charge is -2.44. The molecular weight excluding hydrogens is 422 g/mol. The monoisotopic (exact) mass is 457 g/mol. The maximum Gasteiger partial charge on any atom is 0.0544 e. The van der Waals surface area contributed by atoms with Gasteiger partial charge in [-0.1, -0.05) is 96.1 Å². The highest BCUT2D eigenvalue weighted by Crippen LogP contribution is 2.62. The Morgan fingerprint density at radius 3 is 1.89 bits per heavy atom. The van der Waals surface area contributed by atoms with E-state index in [4.69, 9.17) is 0 Å². The molecule has 5 aromatic rings. The maximum absolute atomic E-state index is 2.51. The van der Waals surface area contributed by atoms with Gasteiger partial charge in [0.25, 0.3) is 0 Å². The molecule has 1 heterocycles. The summed E-state index contributed by atoms with van der Waals surface area (Å²) in [5.41, 5.74) is 10.9. The van der Waals surface area contributed by atoms with Crippen LogP contribution in [0.1, 0.15) is 58.2 Å². The number of aromatic nitrogens is 1. The zero-order valence-corrected chi connectivity index (χ0v) is 22.0. The second kappa shape index (κ2) is 7.10. The van der Waals surface area contributed by atoms with Gasteiger partial charge in [0.05, 0.1) is 11.0 Å². The van der Waals surface area contributed by atoms with Crippen LogP contribution in [0.4, 0.5) is 0 Å². The highest BCUT2D eigenvalue weighted by Gasteiger charge is 2.56. The molecule has 0 fully saturated rings. The van der Waals surface area contributed by atoms with Gasteiger partial charge in [0.15, 0.2) is 0 Å². The molecule has 0 saturated carbocycles. The topological polar surface area (TPSA) is 4.93 Å². The van der Waals surface area contributed by atoms with Gasteiger partial charge in [-0.2, -0.15) is 0 Å². The molecule has 0 aliphatic heterocycles. The number of aryl methyl sites for hydroxylation is 1. The molecule has 35 heavy (non-hydrogen) atoms. The fraction of sp³-hybridized carbons (Fsp3) is 0.294. The van der Waals surface area contributed by atoms with Gasteiger partial charge in [-0.3, -0.25) is 0 Å². The molecule has 0 amide bonds. The summed E-state index contributed by atoms with van der Waals surface area (Å²) >= 11 is 0. The van der Waals surface area contributed by atoms with Gasteiger partial charge in [-0.05, 0) is 81.3 Å². The molecule has 1 nitrogen and oxygen atoms in total. The van der Waals surface area contributed by atoms with Gasteiger partial charge < -0.3 is 4.57 Å². The zero-order valence-electron chi connectivity index (χ0n) is 22.0. The Bertz CT molecular complexity index is 1610. The van der Waals surface area contributed by atoms with Crippen molar-refractivity contribution in [3.05, 3.63) is 102 Å². The number of nitrogens with zero attached hydrogens (tertiary/aromatic N) is 1. The van der Waals surface area contributed by atoms with E-state index in [2.05, 4.69) is 138 Å². The number of para-hydroxylation sites is 1. The maximum atomic E-state index is 2.51. The van der Waals surface area contributed by atoms with Crippen LogP contribution in [0.25, 0.3) is 38.6 Å². The molecular formula is C34H35N. The van der Waals surface area contributed by atoms with Crippen LogP contribution in [0.5, 0.6) is 0 Å². The predicted molar refractivity (Wildman–Crippen MR) is 151 cm³/mol. The average molecular weight is 458 g/mol. The van der Waals surface area contributed by atoms with Crippen molar-refractivity contribution in [2.75, 3.05) is 0 Å². The van der Waals surface area contributed by atoms with Crippen molar-refractivity contribution in [1.29, 1.82) is 0 Å². The summed E-state index contributed by atoms with van der Waals surface area (Å²) < 4.78 is 2.48. The van der Waals surface area contributed by atoms with E-state index >= 15 is 0 Å². The van der Waals surface area contributed by atoms with Crippen molar-refractivity contribution in [3.8, 4) is 16.8 Å². The van der Waals surface area contributed by atoms with Crippen molar-refractivity contribution in [2.45, 2.75) is 59.3 Å². The number of benzene rings is 4. The first-order valence-corrected chi connectivity index (χ1v) is 12.8. The normalized spacial score (nSPS) is 17.7. The number of fused-ring (bicyclic) bond motifs is 4. The Balaban J connectivity index is 1.71. The third-order valence-electron chi connectivity index (χ3n) is 9.71. The lowest BCUT2D eigenvalue weighted by atomic mass is 9.59. The molecule has 1 heteroatoms. The number of hydrogen-bond acceptors (Lipinski definition) is 0. The van der Waals surface area contributed by atoms with Crippen LogP contribution in [0, 0.1) is 12.3 Å². The van der Waals surface area contributed by atoms with Crippen LogP contribution in [-0.4, -0.2) is 4.57 Å². The lowest BCUT2D eigenvalue weighted by molar-refractivity contribution is 0.125. The lowest BCUT2D eigenvalue weighted by Crippen LogP contribution is -2.42. The third kappa shape index (κ3) is 2.88. The van der Waals surface area contributed by atoms with Crippen LogP contribution in [0.3, 0.4) is 0 Å². The molecule has 6 rings (SSSR count). The molecule has 0 unspecified atom stereocenters. The van der Waals surface area contributed by atoms with E-state index in [1.807, 2.05) is 0 Å². The van der Waals surface area contributed by atoms with E-state index in [0.717, 1.165) is 0 Å². The third-order valence-corrected chi connectivity index (χ3v) is 9.71. The zero-order chi connectivity index (χ0) is 24.8. The Morgan fingerprint density at radius 1 is 0.543 bits per heavy atom. The van der Waals surface area contributed by atoms with Crippen LogP contribution in [0.2, 0.25) is 0 Å². The molecule has 176 valence electrons. The van der Waals surface area contributed by atoms with Gasteiger partial charge in [0.2, 0.25) is 0 Å². The standard InChI is InChI=1S/C34H35N/c1-22-17-24(23-13-9-8-10-14-23)19-25(18-22)35-30-16-12-11-15-26(30)27-20-28-29(21-31(27)35)33(4,5)34(6,7)32(28,2)3/h8-21H,1-7H3. The van der Waals surface area contributed by atoms with E-state index in [1.165, 1.54) is 55.3 Å². The Labute approximate surface area is 209 Å². The Hall–Kier alpha value is -3.32. The van der Waals surface area contributed by atoms with Gasteiger partial charge in [-0.15, -0.1) is 0 Å².